The van der Waals surface area contributed by atoms with Crippen LogP contribution in [0.15, 0.2) is 43.0 Å². The van der Waals surface area contributed by atoms with Crippen LogP contribution >= 0.6 is 11.6 Å². The number of carbonyl (C=O) groups is 1. The molecule has 3 rings (SSSR count). The molecule has 8 nitrogen and oxygen atoms in total. The zero-order valence-corrected chi connectivity index (χ0v) is 16.2. The zero-order valence-electron chi connectivity index (χ0n) is 15.4. The van der Waals surface area contributed by atoms with Crippen molar-refractivity contribution in [3.05, 3.63) is 59.3 Å². The largest absolute Gasteiger partial charge is 0.416 e. The van der Waals surface area contributed by atoms with Crippen LogP contribution in [0.2, 0.25) is 5.15 Å². The summed E-state index contributed by atoms with van der Waals surface area (Å²) in [5.74, 6) is -0.893. The second-order valence-corrected chi connectivity index (χ2v) is 6.39. The predicted molar refractivity (Wildman–Crippen MR) is 99.6 cm³/mol. The van der Waals surface area contributed by atoms with E-state index in [0.29, 0.717) is 12.1 Å². The van der Waals surface area contributed by atoms with Crippen LogP contribution in [0.4, 0.5) is 32.2 Å². The van der Waals surface area contributed by atoms with E-state index in [0.717, 1.165) is 29.6 Å². The maximum Gasteiger partial charge on any atom is 0.416 e. The first-order valence-corrected chi connectivity index (χ1v) is 8.72. The summed E-state index contributed by atoms with van der Waals surface area (Å²) in [4.78, 5) is 22.9. The lowest BCUT2D eigenvalue weighted by Crippen LogP contribution is -2.28. The van der Waals surface area contributed by atoms with Gasteiger partial charge in [-0.3, -0.25) is 15.6 Å². The maximum absolute atomic E-state index is 13.0. The SMILES string of the molecule is O=C(/C=C\n1cnc(-c2cc(C(F)(F)F)cc(C(F)(F)F)c2)n1)NNc1cc(Cl)ncn1. The molecule has 0 aliphatic carbocycles. The van der Waals surface area contributed by atoms with Gasteiger partial charge < -0.3 is 0 Å². The van der Waals surface area contributed by atoms with Gasteiger partial charge in [0.1, 0.15) is 23.6 Å². The minimum atomic E-state index is -5.00. The monoisotopic (exact) mass is 477 g/mol. The van der Waals surface area contributed by atoms with Gasteiger partial charge in [-0.2, -0.15) is 26.3 Å². The van der Waals surface area contributed by atoms with Crippen molar-refractivity contribution in [3.63, 3.8) is 0 Å². The molecule has 0 saturated carbocycles. The molecule has 0 aliphatic heterocycles. The van der Waals surface area contributed by atoms with Crippen LogP contribution in [0, 0.1) is 0 Å². The third kappa shape index (κ3) is 5.94. The quantitative estimate of drug-likeness (QED) is 0.249. The molecular weight excluding hydrogens is 468 g/mol. The number of hydrogen-bond donors (Lipinski definition) is 2. The lowest BCUT2D eigenvalue weighted by molar-refractivity contribution is -0.143. The molecule has 32 heavy (non-hydrogen) atoms. The number of nitrogens with zero attached hydrogens (tertiary/aromatic N) is 5. The van der Waals surface area contributed by atoms with Crippen molar-refractivity contribution in [2.45, 2.75) is 12.4 Å². The number of anilines is 1. The van der Waals surface area contributed by atoms with Crippen molar-refractivity contribution in [1.82, 2.24) is 30.2 Å². The minimum Gasteiger partial charge on any atom is -0.281 e. The van der Waals surface area contributed by atoms with E-state index in [1.165, 1.54) is 6.07 Å². The molecule has 0 atom stereocenters. The summed E-state index contributed by atoms with van der Waals surface area (Å²) < 4.78 is 78.9. The fourth-order valence-electron chi connectivity index (χ4n) is 2.28. The van der Waals surface area contributed by atoms with Gasteiger partial charge in [-0.05, 0) is 18.2 Å². The molecule has 168 valence electrons. The van der Waals surface area contributed by atoms with Gasteiger partial charge in [0.2, 0.25) is 0 Å². The summed E-state index contributed by atoms with van der Waals surface area (Å²) in [5.41, 5.74) is 1.21. The lowest BCUT2D eigenvalue weighted by Gasteiger charge is -2.13. The second kappa shape index (κ2) is 8.82. The van der Waals surface area contributed by atoms with E-state index in [1.54, 1.807) is 0 Å². The first-order valence-electron chi connectivity index (χ1n) is 8.34. The number of aromatic nitrogens is 5. The van der Waals surface area contributed by atoms with Crippen LogP contribution in [0.1, 0.15) is 11.1 Å². The number of rotatable bonds is 5. The van der Waals surface area contributed by atoms with E-state index in [4.69, 9.17) is 11.6 Å². The van der Waals surface area contributed by atoms with E-state index in [2.05, 4.69) is 30.9 Å². The predicted octanol–water partition coefficient (Wildman–Crippen LogP) is 4.04. The third-order valence-electron chi connectivity index (χ3n) is 3.68. The van der Waals surface area contributed by atoms with E-state index in [1.807, 2.05) is 0 Å². The molecular formula is C17H10ClF6N7O. The molecule has 15 heteroatoms. The summed E-state index contributed by atoms with van der Waals surface area (Å²) in [6.07, 6.45) is -5.79. The molecule has 1 aromatic carbocycles. The Kier molecular flexibility index (Phi) is 6.34. The zero-order chi connectivity index (χ0) is 23.5. The Bertz CT molecular complexity index is 1130. The first-order chi connectivity index (χ1) is 14.9. The molecule has 0 unspecified atom stereocenters. The molecule has 3 aromatic rings. The van der Waals surface area contributed by atoms with Gasteiger partial charge in [-0.15, -0.1) is 5.10 Å². The van der Waals surface area contributed by atoms with Crippen LogP contribution in [-0.2, 0) is 17.1 Å². The molecule has 1 amide bonds. The van der Waals surface area contributed by atoms with Crippen molar-refractivity contribution in [1.29, 1.82) is 0 Å². The maximum atomic E-state index is 13.0. The highest BCUT2D eigenvalue weighted by Crippen LogP contribution is 2.38. The number of carbonyl (C=O) groups excluding carboxylic acids is 1. The third-order valence-corrected chi connectivity index (χ3v) is 3.89. The highest BCUT2D eigenvalue weighted by atomic mass is 35.5. The van der Waals surface area contributed by atoms with Crippen molar-refractivity contribution < 1.29 is 31.1 Å². The van der Waals surface area contributed by atoms with Gasteiger partial charge in [0.25, 0.3) is 5.91 Å². The van der Waals surface area contributed by atoms with Crippen LogP contribution in [0.25, 0.3) is 17.6 Å². The number of hydrazine groups is 1. The Morgan fingerprint density at radius 2 is 1.62 bits per heavy atom. The molecule has 0 radical (unpaired) electrons. The van der Waals surface area contributed by atoms with Crippen LogP contribution in [0.5, 0.6) is 0 Å². The summed E-state index contributed by atoms with van der Waals surface area (Å²) >= 11 is 5.66. The molecule has 0 spiro atoms. The van der Waals surface area contributed by atoms with Gasteiger partial charge in [0.15, 0.2) is 5.82 Å². The number of benzene rings is 1. The minimum absolute atomic E-state index is 0.00255. The fourth-order valence-corrected chi connectivity index (χ4v) is 2.42. The van der Waals surface area contributed by atoms with E-state index < -0.39 is 40.8 Å². The Morgan fingerprint density at radius 3 is 2.22 bits per heavy atom. The Balaban J connectivity index is 1.75. The number of amides is 1. The standard InChI is InChI=1S/C17H10ClF6N7O/c18-12-6-13(26-7-25-12)28-29-14(32)1-2-31-8-27-15(30-31)9-3-10(16(19,20)21)5-11(4-9)17(22,23)24/h1-8H,(H,29,32)(H,25,26,28)/b2-1-. The van der Waals surface area contributed by atoms with Gasteiger partial charge in [0.05, 0.1) is 11.1 Å². The van der Waals surface area contributed by atoms with Gasteiger partial charge in [-0.1, -0.05) is 11.6 Å². The molecule has 0 bridgehead atoms. The average molecular weight is 478 g/mol. The topological polar surface area (TPSA) is 97.6 Å². The first kappa shape index (κ1) is 23.0. The average Bonchev–Trinajstić information content (AvgIpc) is 3.18. The summed E-state index contributed by atoms with van der Waals surface area (Å²) in [6, 6.07) is 2.34. The van der Waals surface area contributed by atoms with Crippen molar-refractivity contribution >= 4 is 29.5 Å². The van der Waals surface area contributed by atoms with Gasteiger partial charge in [-0.25, -0.2) is 19.6 Å². The number of nitrogens with one attached hydrogen (secondary N) is 2. The number of alkyl halides is 6. The van der Waals surface area contributed by atoms with E-state index in [9.17, 15) is 31.1 Å². The smallest absolute Gasteiger partial charge is 0.281 e. The summed E-state index contributed by atoms with van der Waals surface area (Å²) in [5, 5.41) is 3.90. The van der Waals surface area contributed by atoms with Crippen LogP contribution in [-0.4, -0.2) is 30.6 Å². The molecule has 2 N–H and O–H groups in total. The normalized spacial score (nSPS) is 12.2. The highest BCUT2D eigenvalue weighted by molar-refractivity contribution is 6.29. The van der Waals surface area contributed by atoms with Crippen LogP contribution in [0.3, 0.4) is 0 Å². The number of hydrogen-bond acceptors (Lipinski definition) is 6. The van der Waals surface area contributed by atoms with Crippen molar-refractivity contribution in [2.24, 2.45) is 0 Å². The van der Waals surface area contributed by atoms with Crippen molar-refractivity contribution in [3.8, 4) is 11.4 Å². The van der Waals surface area contributed by atoms with Crippen LogP contribution < -0.4 is 10.9 Å². The molecule has 2 aromatic heterocycles. The lowest BCUT2D eigenvalue weighted by atomic mass is 10.0. The van der Waals surface area contributed by atoms with E-state index in [-0.39, 0.29) is 17.0 Å². The summed E-state index contributed by atoms with van der Waals surface area (Å²) in [7, 11) is 0. The fraction of sp³-hybridized carbons (Fsp3) is 0.118. The second-order valence-electron chi connectivity index (χ2n) is 6.00. The van der Waals surface area contributed by atoms with Crippen molar-refractivity contribution in [2.75, 3.05) is 5.43 Å². The molecule has 0 fully saturated rings. The Morgan fingerprint density at radius 1 is 0.969 bits per heavy atom. The molecule has 0 saturated heterocycles. The summed E-state index contributed by atoms with van der Waals surface area (Å²) in [6.45, 7) is 0. The Labute approximate surface area is 179 Å². The van der Waals surface area contributed by atoms with Gasteiger partial charge in [0, 0.05) is 23.9 Å². The molecule has 2 heterocycles. The van der Waals surface area contributed by atoms with E-state index >= 15 is 0 Å². The number of halogens is 7. The Hall–Kier alpha value is -3.68. The highest BCUT2D eigenvalue weighted by Gasteiger charge is 2.37. The van der Waals surface area contributed by atoms with Gasteiger partial charge >= 0.3 is 12.4 Å². The molecule has 0 aliphatic rings.